The van der Waals surface area contributed by atoms with E-state index in [9.17, 15) is 18.4 Å². The summed E-state index contributed by atoms with van der Waals surface area (Å²) in [4.78, 5) is 31.4. The highest BCUT2D eigenvalue weighted by Gasteiger charge is 2.30. The molecule has 0 radical (unpaired) electrons. The molecule has 138 valence electrons. The van der Waals surface area contributed by atoms with Crippen LogP contribution in [0.3, 0.4) is 0 Å². The van der Waals surface area contributed by atoms with Crippen molar-refractivity contribution in [3.63, 3.8) is 0 Å². The molecule has 1 amide bonds. The van der Waals surface area contributed by atoms with Gasteiger partial charge in [0.05, 0.1) is 6.33 Å². The van der Waals surface area contributed by atoms with Crippen LogP contribution in [0.5, 0.6) is 0 Å². The van der Waals surface area contributed by atoms with Gasteiger partial charge in [0, 0.05) is 38.7 Å². The lowest BCUT2D eigenvalue weighted by atomic mass is 9.96. The molecule has 2 fully saturated rings. The maximum absolute atomic E-state index is 12.6. The summed E-state index contributed by atoms with van der Waals surface area (Å²) in [6.07, 6.45) is 1.98. The first kappa shape index (κ1) is 18.0. The number of piperidine rings is 1. The Hall–Kier alpha value is -1.83. The van der Waals surface area contributed by atoms with E-state index in [1.165, 1.54) is 10.9 Å². The van der Waals surface area contributed by atoms with Gasteiger partial charge < -0.3 is 9.80 Å². The molecule has 2 aliphatic heterocycles. The first-order valence-corrected chi connectivity index (χ1v) is 8.76. The van der Waals surface area contributed by atoms with Crippen LogP contribution in [-0.2, 0) is 11.3 Å². The summed E-state index contributed by atoms with van der Waals surface area (Å²) >= 11 is 0. The Balaban J connectivity index is 1.50. The molecular formula is C17H24F2N4O2. The maximum Gasteiger partial charge on any atom is 0.280 e. The molecule has 6 nitrogen and oxygen atoms in total. The van der Waals surface area contributed by atoms with Crippen LogP contribution in [-0.4, -0.2) is 58.0 Å². The number of hydrogen-bond donors (Lipinski definition) is 0. The fourth-order valence-electron chi connectivity index (χ4n) is 3.70. The molecule has 2 aliphatic rings. The van der Waals surface area contributed by atoms with Gasteiger partial charge in [-0.2, -0.15) is 0 Å². The lowest BCUT2D eigenvalue weighted by molar-refractivity contribution is -0.127. The third kappa shape index (κ3) is 4.23. The zero-order valence-electron chi connectivity index (χ0n) is 14.4. The summed E-state index contributed by atoms with van der Waals surface area (Å²) in [6, 6.07) is 1.23. The zero-order valence-corrected chi connectivity index (χ0v) is 14.4. The standard InChI is InChI=1S/C17H24F2N4O2/c1-21-13(2-3-15(21)24)10-22-6-4-12(5-7-22)9-23-11-20-14(17(18)19)8-16(23)25/h8,11-13,17H,2-7,9-10H2,1H3. The number of amides is 1. The fourth-order valence-corrected chi connectivity index (χ4v) is 3.70. The summed E-state index contributed by atoms with van der Waals surface area (Å²) in [5.41, 5.74) is -0.884. The lowest BCUT2D eigenvalue weighted by Gasteiger charge is -2.35. The number of nitrogens with zero attached hydrogens (tertiary/aromatic N) is 4. The molecule has 25 heavy (non-hydrogen) atoms. The van der Waals surface area contributed by atoms with Crippen LogP contribution >= 0.6 is 0 Å². The molecule has 1 aromatic rings. The number of hydrogen-bond acceptors (Lipinski definition) is 4. The highest BCUT2D eigenvalue weighted by molar-refractivity contribution is 5.78. The van der Waals surface area contributed by atoms with Crippen LogP contribution in [0.15, 0.2) is 17.2 Å². The zero-order chi connectivity index (χ0) is 18.0. The molecular weight excluding hydrogens is 330 g/mol. The largest absolute Gasteiger partial charge is 0.341 e. The Kier molecular flexibility index (Phi) is 5.46. The van der Waals surface area contributed by atoms with Crippen molar-refractivity contribution in [1.29, 1.82) is 0 Å². The van der Waals surface area contributed by atoms with E-state index in [1.54, 1.807) is 0 Å². The van der Waals surface area contributed by atoms with Crippen LogP contribution in [0.2, 0.25) is 0 Å². The molecule has 1 atom stereocenters. The van der Waals surface area contributed by atoms with E-state index in [0.717, 1.165) is 45.0 Å². The monoisotopic (exact) mass is 354 g/mol. The van der Waals surface area contributed by atoms with E-state index in [1.807, 2.05) is 11.9 Å². The summed E-state index contributed by atoms with van der Waals surface area (Å²) < 4.78 is 26.5. The third-order valence-corrected chi connectivity index (χ3v) is 5.39. The van der Waals surface area contributed by atoms with Crippen molar-refractivity contribution in [1.82, 2.24) is 19.4 Å². The van der Waals surface area contributed by atoms with E-state index in [0.29, 0.717) is 24.9 Å². The minimum Gasteiger partial charge on any atom is -0.341 e. The van der Waals surface area contributed by atoms with Gasteiger partial charge in [0.25, 0.3) is 12.0 Å². The molecule has 8 heteroatoms. The Morgan fingerprint density at radius 1 is 1.20 bits per heavy atom. The van der Waals surface area contributed by atoms with Gasteiger partial charge in [-0.25, -0.2) is 13.8 Å². The second kappa shape index (κ2) is 7.59. The van der Waals surface area contributed by atoms with Gasteiger partial charge in [-0.05, 0) is 38.3 Å². The highest BCUT2D eigenvalue weighted by atomic mass is 19.3. The lowest BCUT2D eigenvalue weighted by Crippen LogP contribution is -2.44. The minimum atomic E-state index is -2.72. The topological polar surface area (TPSA) is 58.4 Å². The number of carbonyl (C=O) groups is 1. The van der Waals surface area contributed by atoms with Gasteiger partial charge in [0.1, 0.15) is 5.69 Å². The molecule has 0 aliphatic carbocycles. The molecule has 3 heterocycles. The van der Waals surface area contributed by atoms with E-state index in [2.05, 4.69) is 9.88 Å². The second-order valence-corrected chi connectivity index (χ2v) is 7.05. The van der Waals surface area contributed by atoms with Crippen molar-refractivity contribution in [3.05, 3.63) is 28.4 Å². The molecule has 2 saturated heterocycles. The molecule has 0 aromatic carbocycles. The van der Waals surface area contributed by atoms with Crippen LogP contribution in [0.1, 0.15) is 37.8 Å². The Morgan fingerprint density at radius 2 is 1.92 bits per heavy atom. The van der Waals surface area contributed by atoms with Gasteiger partial charge in [-0.1, -0.05) is 0 Å². The molecule has 3 rings (SSSR count). The maximum atomic E-state index is 12.6. The van der Waals surface area contributed by atoms with E-state index < -0.39 is 17.7 Å². The summed E-state index contributed by atoms with van der Waals surface area (Å²) in [5, 5.41) is 0. The molecule has 0 bridgehead atoms. The van der Waals surface area contributed by atoms with Crippen molar-refractivity contribution >= 4 is 5.91 Å². The predicted octanol–water partition coefficient (Wildman–Crippen LogP) is 1.51. The molecule has 0 N–H and O–H groups in total. The Morgan fingerprint density at radius 3 is 2.48 bits per heavy atom. The molecule has 0 spiro atoms. The number of likely N-dealkylation sites (tertiary alicyclic amines) is 2. The van der Waals surface area contributed by atoms with Gasteiger partial charge in [-0.15, -0.1) is 0 Å². The number of likely N-dealkylation sites (N-methyl/N-ethyl adjacent to an activating group) is 1. The van der Waals surface area contributed by atoms with Gasteiger partial charge in [0.15, 0.2) is 0 Å². The number of aromatic nitrogens is 2. The van der Waals surface area contributed by atoms with Crippen molar-refractivity contribution in [2.45, 2.75) is 44.7 Å². The number of rotatable bonds is 5. The fraction of sp³-hybridized carbons (Fsp3) is 0.706. The van der Waals surface area contributed by atoms with Gasteiger partial charge in [0.2, 0.25) is 5.91 Å². The SMILES string of the molecule is CN1C(=O)CCC1CN1CCC(Cn2cnc(C(F)F)cc2=O)CC1. The first-order chi connectivity index (χ1) is 11.9. The highest BCUT2D eigenvalue weighted by Crippen LogP contribution is 2.22. The number of carbonyl (C=O) groups excluding carboxylic acids is 1. The minimum absolute atomic E-state index is 0.221. The van der Waals surface area contributed by atoms with Crippen LogP contribution in [0, 0.1) is 5.92 Å². The van der Waals surface area contributed by atoms with Gasteiger partial charge in [-0.3, -0.25) is 14.2 Å². The quantitative estimate of drug-likeness (QED) is 0.804. The predicted molar refractivity (Wildman–Crippen MR) is 88.4 cm³/mol. The Labute approximate surface area is 145 Å². The third-order valence-electron chi connectivity index (χ3n) is 5.39. The Bertz CT molecular complexity index is 671. The van der Waals surface area contributed by atoms with E-state index in [-0.39, 0.29) is 5.91 Å². The van der Waals surface area contributed by atoms with E-state index in [4.69, 9.17) is 0 Å². The van der Waals surface area contributed by atoms with Crippen molar-refractivity contribution in [3.8, 4) is 0 Å². The summed E-state index contributed by atoms with van der Waals surface area (Å²) in [7, 11) is 1.87. The average Bonchev–Trinajstić information content (AvgIpc) is 2.90. The second-order valence-electron chi connectivity index (χ2n) is 7.05. The summed E-state index contributed by atoms with van der Waals surface area (Å²) in [6.45, 7) is 3.28. The van der Waals surface area contributed by atoms with Crippen molar-refractivity contribution in [2.75, 3.05) is 26.7 Å². The molecule has 1 unspecified atom stereocenters. The van der Waals surface area contributed by atoms with E-state index >= 15 is 0 Å². The van der Waals surface area contributed by atoms with Crippen molar-refractivity contribution < 1.29 is 13.6 Å². The normalized spacial score (nSPS) is 23.0. The average molecular weight is 354 g/mol. The first-order valence-electron chi connectivity index (χ1n) is 8.76. The van der Waals surface area contributed by atoms with Crippen LogP contribution < -0.4 is 5.56 Å². The van der Waals surface area contributed by atoms with Crippen LogP contribution in [0.4, 0.5) is 8.78 Å². The number of alkyl halides is 2. The smallest absolute Gasteiger partial charge is 0.280 e. The number of halogens is 2. The van der Waals surface area contributed by atoms with Crippen molar-refractivity contribution in [2.24, 2.45) is 5.92 Å². The molecule has 0 saturated carbocycles. The molecule has 1 aromatic heterocycles. The van der Waals surface area contributed by atoms with Crippen LogP contribution in [0.25, 0.3) is 0 Å². The summed E-state index contributed by atoms with van der Waals surface area (Å²) in [5.74, 6) is 0.565. The van der Waals surface area contributed by atoms with Gasteiger partial charge >= 0.3 is 0 Å².